The van der Waals surface area contributed by atoms with Crippen LogP contribution in [0.15, 0.2) is 18.3 Å². The van der Waals surface area contributed by atoms with Gasteiger partial charge in [-0.05, 0) is 37.4 Å². The maximum absolute atomic E-state index is 11.6. The van der Waals surface area contributed by atoms with Crippen molar-refractivity contribution in [3.05, 3.63) is 23.9 Å². The lowest BCUT2D eigenvalue weighted by Gasteiger charge is -2.31. The Morgan fingerprint density at radius 3 is 3.19 bits per heavy atom. The molecule has 0 aromatic carbocycles. The number of nitrogens with zero attached hydrogens (tertiary/aromatic N) is 2. The highest BCUT2D eigenvalue weighted by Gasteiger charge is 2.18. The molecule has 0 aliphatic carbocycles. The highest BCUT2D eigenvalue weighted by molar-refractivity contribution is 5.94. The van der Waals surface area contributed by atoms with Gasteiger partial charge in [-0.2, -0.15) is 0 Å². The van der Waals surface area contributed by atoms with Crippen molar-refractivity contribution in [1.29, 1.82) is 0 Å². The van der Waals surface area contributed by atoms with Crippen LogP contribution < -0.4 is 10.6 Å². The number of rotatable bonds is 6. The Labute approximate surface area is 125 Å². The van der Waals surface area contributed by atoms with Crippen molar-refractivity contribution in [1.82, 2.24) is 15.2 Å². The van der Waals surface area contributed by atoms with E-state index in [1.165, 1.54) is 0 Å². The van der Waals surface area contributed by atoms with Gasteiger partial charge in [0.1, 0.15) is 5.82 Å². The molecule has 0 spiro atoms. The molecule has 1 aliphatic heterocycles. The molecular weight excluding hydrogens is 268 g/mol. The first-order valence-corrected chi connectivity index (χ1v) is 7.48. The molecule has 0 radical (unpaired) electrons. The molecule has 3 N–H and O–H groups in total. The highest BCUT2D eigenvalue weighted by atomic mass is 16.3. The minimum atomic E-state index is -0.109. The van der Waals surface area contributed by atoms with Crippen LogP contribution in [0.4, 0.5) is 5.82 Å². The van der Waals surface area contributed by atoms with E-state index in [2.05, 4.69) is 20.5 Å². The molecule has 1 aliphatic rings. The lowest BCUT2D eigenvalue weighted by molar-refractivity contribution is 0.0963. The maximum atomic E-state index is 11.6. The number of likely N-dealkylation sites (tertiary alicyclic amines) is 1. The van der Waals surface area contributed by atoms with Crippen molar-refractivity contribution >= 4 is 11.7 Å². The Morgan fingerprint density at radius 2 is 2.43 bits per heavy atom. The number of piperidine rings is 1. The zero-order valence-corrected chi connectivity index (χ0v) is 12.5. The summed E-state index contributed by atoms with van der Waals surface area (Å²) < 4.78 is 0. The number of anilines is 1. The van der Waals surface area contributed by atoms with Crippen molar-refractivity contribution < 1.29 is 9.90 Å². The smallest absolute Gasteiger partial charge is 0.251 e. The number of aromatic nitrogens is 1. The van der Waals surface area contributed by atoms with Gasteiger partial charge in [0.15, 0.2) is 0 Å². The van der Waals surface area contributed by atoms with Crippen molar-refractivity contribution in [2.75, 3.05) is 45.2 Å². The molecule has 0 bridgehead atoms. The lowest BCUT2D eigenvalue weighted by atomic mass is 9.99. The Hall–Kier alpha value is -1.66. The monoisotopic (exact) mass is 292 g/mol. The summed E-state index contributed by atoms with van der Waals surface area (Å²) >= 11 is 0. The molecular formula is C15H24N4O2. The van der Waals surface area contributed by atoms with Gasteiger partial charge in [0.25, 0.3) is 5.91 Å². The van der Waals surface area contributed by atoms with Crippen LogP contribution in [0.25, 0.3) is 0 Å². The molecule has 1 fully saturated rings. The largest absolute Gasteiger partial charge is 0.396 e. The fraction of sp³-hybridized carbons (Fsp3) is 0.600. The van der Waals surface area contributed by atoms with Gasteiger partial charge in [-0.15, -0.1) is 0 Å². The van der Waals surface area contributed by atoms with Gasteiger partial charge < -0.3 is 20.6 Å². The van der Waals surface area contributed by atoms with Gasteiger partial charge in [0.2, 0.25) is 0 Å². The van der Waals surface area contributed by atoms with Gasteiger partial charge in [-0.3, -0.25) is 4.79 Å². The predicted molar refractivity (Wildman–Crippen MR) is 82.4 cm³/mol. The molecule has 116 valence electrons. The topological polar surface area (TPSA) is 77.5 Å². The second-order valence-corrected chi connectivity index (χ2v) is 5.43. The third kappa shape index (κ3) is 4.68. The number of hydrogen-bond acceptors (Lipinski definition) is 5. The molecule has 1 aromatic heterocycles. The summed E-state index contributed by atoms with van der Waals surface area (Å²) in [6.07, 6.45) is 3.90. The number of aliphatic hydroxyl groups is 1. The van der Waals surface area contributed by atoms with Gasteiger partial charge in [-0.1, -0.05) is 0 Å². The fourth-order valence-corrected chi connectivity index (χ4v) is 2.66. The molecule has 6 nitrogen and oxygen atoms in total. The van der Waals surface area contributed by atoms with Crippen LogP contribution in [0.3, 0.4) is 0 Å². The number of hydrogen-bond donors (Lipinski definition) is 3. The lowest BCUT2D eigenvalue weighted by Crippen LogP contribution is -2.39. The minimum absolute atomic E-state index is 0.109. The van der Waals surface area contributed by atoms with Crippen LogP contribution in [0, 0.1) is 5.92 Å². The third-order valence-electron chi connectivity index (χ3n) is 3.84. The SMILES string of the molecule is CNC(=O)c1ccnc(NCCN2CCCC(CO)C2)c1. The van der Waals surface area contributed by atoms with E-state index in [-0.39, 0.29) is 12.5 Å². The molecule has 1 amide bonds. The Morgan fingerprint density at radius 1 is 1.57 bits per heavy atom. The Kier molecular flexibility index (Phi) is 5.95. The summed E-state index contributed by atoms with van der Waals surface area (Å²) in [5.74, 6) is 1.02. The summed E-state index contributed by atoms with van der Waals surface area (Å²) in [4.78, 5) is 18.1. The molecule has 1 saturated heterocycles. The zero-order chi connectivity index (χ0) is 15.1. The molecule has 1 unspecified atom stereocenters. The van der Waals surface area contributed by atoms with Crippen molar-refractivity contribution in [3.63, 3.8) is 0 Å². The fourth-order valence-electron chi connectivity index (χ4n) is 2.66. The first kappa shape index (κ1) is 15.7. The van der Waals surface area contributed by atoms with E-state index in [0.29, 0.717) is 17.3 Å². The first-order chi connectivity index (χ1) is 10.2. The number of pyridine rings is 1. The summed E-state index contributed by atoms with van der Waals surface area (Å²) in [5, 5.41) is 15.1. The number of carbonyl (C=O) groups excluding carboxylic acids is 1. The van der Waals surface area contributed by atoms with E-state index >= 15 is 0 Å². The number of amides is 1. The Balaban J connectivity index is 1.79. The minimum Gasteiger partial charge on any atom is -0.396 e. The predicted octanol–water partition coefficient (Wildman–Crippen LogP) is 0.557. The van der Waals surface area contributed by atoms with Crippen molar-refractivity contribution in [2.24, 2.45) is 5.92 Å². The molecule has 2 rings (SSSR count). The quantitative estimate of drug-likeness (QED) is 0.714. The normalized spacial score (nSPS) is 19.2. The molecule has 1 aromatic rings. The van der Waals surface area contributed by atoms with Crippen molar-refractivity contribution in [2.45, 2.75) is 12.8 Å². The van der Waals surface area contributed by atoms with E-state index in [1.807, 2.05) is 0 Å². The third-order valence-corrected chi connectivity index (χ3v) is 3.84. The van der Waals surface area contributed by atoms with Crippen molar-refractivity contribution in [3.8, 4) is 0 Å². The van der Waals surface area contributed by atoms with E-state index in [1.54, 1.807) is 25.4 Å². The average Bonchev–Trinajstić information content (AvgIpc) is 2.54. The molecule has 1 atom stereocenters. The number of nitrogens with one attached hydrogen (secondary N) is 2. The van der Waals surface area contributed by atoms with E-state index in [9.17, 15) is 9.90 Å². The summed E-state index contributed by atoms with van der Waals surface area (Å²) in [5.41, 5.74) is 0.605. The summed E-state index contributed by atoms with van der Waals surface area (Å²) in [6.45, 7) is 4.03. The van der Waals surface area contributed by atoms with Crippen LogP contribution >= 0.6 is 0 Å². The average molecular weight is 292 g/mol. The van der Waals surface area contributed by atoms with Crippen LogP contribution in [0.5, 0.6) is 0 Å². The highest BCUT2D eigenvalue weighted by Crippen LogP contribution is 2.15. The zero-order valence-electron chi connectivity index (χ0n) is 12.5. The number of carbonyl (C=O) groups is 1. The van der Waals surface area contributed by atoms with Crippen LogP contribution in [0.2, 0.25) is 0 Å². The standard InChI is InChI=1S/C15H24N4O2/c1-16-15(21)13-4-5-17-14(9-13)18-6-8-19-7-2-3-12(10-19)11-20/h4-5,9,12,20H,2-3,6-8,10-11H2,1H3,(H,16,21)(H,17,18). The van der Waals surface area contributed by atoms with E-state index < -0.39 is 0 Å². The second kappa shape index (κ2) is 7.95. The first-order valence-electron chi connectivity index (χ1n) is 7.48. The van der Waals surface area contributed by atoms with E-state index in [4.69, 9.17) is 0 Å². The number of aliphatic hydroxyl groups excluding tert-OH is 1. The van der Waals surface area contributed by atoms with Crippen LogP contribution in [-0.2, 0) is 0 Å². The summed E-state index contributed by atoms with van der Waals surface area (Å²) in [6, 6.07) is 3.45. The maximum Gasteiger partial charge on any atom is 0.251 e. The second-order valence-electron chi connectivity index (χ2n) is 5.43. The van der Waals surface area contributed by atoms with E-state index in [0.717, 1.165) is 39.0 Å². The molecule has 2 heterocycles. The molecule has 0 saturated carbocycles. The Bertz CT molecular complexity index is 467. The van der Waals surface area contributed by atoms with Crippen LogP contribution in [-0.4, -0.2) is 60.7 Å². The van der Waals surface area contributed by atoms with Gasteiger partial charge in [0, 0.05) is 45.0 Å². The van der Waals surface area contributed by atoms with Gasteiger partial charge in [-0.25, -0.2) is 4.98 Å². The molecule has 21 heavy (non-hydrogen) atoms. The van der Waals surface area contributed by atoms with Gasteiger partial charge >= 0.3 is 0 Å². The molecule has 6 heteroatoms. The van der Waals surface area contributed by atoms with Gasteiger partial charge in [0.05, 0.1) is 0 Å². The van der Waals surface area contributed by atoms with Crippen LogP contribution in [0.1, 0.15) is 23.2 Å². The summed E-state index contributed by atoms with van der Waals surface area (Å²) in [7, 11) is 1.61.